The average Bonchev–Trinajstić information content (AvgIpc) is 3.16. The van der Waals surface area contributed by atoms with Gasteiger partial charge in [0.25, 0.3) is 0 Å². The van der Waals surface area contributed by atoms with Gasteiger partial charge in [0.05, 0.1) is 12.3 Å². The molecule has 2 aromatic rings. The number of carbonyl (C=O) groups excluding carboxylic acids is 1. The topological polar surface area (TPSA) is 92.9 Å². The number of aliphatic carboxylic acids is 1. The summed E-state index contributed by atoms with van der Waals surface area (Å²) in [6.45, 7) is 8.77. The van der Waals surface area contributed by atoms with Gasteiger partial charge in [0, 0.05) is 19.0 Å². The van der Waals surface area contributed by atoms with Gasteiger partial charge in [0.15, 0.2) is 6.04 Å². The Morgan fingerprint density at radius 2 is 2.11 bits per heavy atom. The van der Waals surface area contributed by atoms with E-state index < -0.39 is 12.0 Å². The van der Waals surface area contributed by atoms with Gasteiger partial charge in [-0.05, 0) is 61.9 Å². The quantitative estimate of drug-likeness (QED) is 0.368. The van der Waals surface area contributed by atoms with Crippen LogP contribution in [0.25, 0.3) is 6.08 Å². The second kappa shape index (κ2) is 12.2. The third kappa shape index (κ3) is 6.94. The molecule has 186 valence electrons. The predicted molar refractivity (Wildman–Crippen MR) is 135 cm³/mol. The van der Waals surface area contributed by atoms with Crippen LogP contribution in [-0.4, -0.2) is 40.0 Å². The zero-order chi connectivity index (χ0) is 25.4. The highest BCUT2D eigenvalue weighted by Gasteiger charge is 2.35. The zero-order valence-corrected chi connectivity index (χ0v) is 20.9. The third-order valence-corrected chi connectivity index (χ3v) is 5.79. The molecule has 0 aliphatic carbocycles. The molecule has 35 heavy (non-hydrogen) atoms. The highest BCUT2D eigenvalue weighted by atomic mass is 16.5. The minimum Gasteiger partial charge on any atom is -0.493 e. The first-order valence-corrected chi connectivity index (χ1v) is 12.0. The van der Waals surface area contributed by atoms with Crippen LogP contribution >= 0.6 is 0 Å². The number of rotatable bonds is 10. The van der Waals surface area contributed by atoms with Crippen LogP contribution in [0.2, 0.25) is 0 Å². The van der Waals surface area contributed by atoms with Crippen molar-refractivity contribution >= 4 is 18.0 Å². The second-order valence-corrected chi connectivity index (χ2v) is 8.95. The van der Waals surface area contributed by atoms with Crippen LogP contribution in [0.3, 0.4) is 0 Å². The van der Waals surface area contributed by atoms with Crippen molar-refractivity contribution in [3.63, 3.8) is 0 Å². The van der Waals surface area contributed by atoms with Crippen molar-refractivity contribution in [3.8, 4) is 5.75 Å². The molecule has 1 unspecified atom stereocenters. The summed E-state index contributed by atoms with van der Waals surface area (Å²) in [5.41, 5.74) is 2.33. The van der Waals surface area contributed by atoms with Crippen LogP contribution in [0.15, 0.2) is 53.0 Å². The number of hydrogen-bond donors (Lipinski definition) is 1. The molecule has 0 saturated carbocycles. The molecule has 1 amide bonds. The van der Waals surface area contributed by atoms with Crippen LogP contribution in [0.4, 0.5) is 0 Å². The van der Waals surface area contributed by atoms with E-state index in [0.29, 0.717) is 49.1 Å². The lowest BCUT2D eigenvalue weighted by molar-refractivity contribution is -0.149. The maximum atomic E-state index is 12.6. The Morgan fingerprint density at radius 3 is 2.83 bits per heavy atom. The fraction of sp³-hybridized carbons (Fsp3) is 0.393. The summed E-state index contributed by atoms with van der Waals surface area (Å²) in [6.07, 6.45) is 12.6. The molecule has 1 aliphatic rings. The van der Waals surface area contributed by atoms with Gasteiger partial charge in [0.1, 0.15) is 11.5 Å². The number of benzene rings is 1. The van der Waals surface area contributed by atoms with Gasteiger partial charge in [-0.25, -0.2) is 9.78 Å². The number of carboxylic acid groups (broad SMARTS) is 1. The number of aryl methyl sites for hydroxylation is 1. The van der Waals surface area contributed by atoms with Crippen molar-refractivity contribution in [2.45, 2.75) is 53.0 Å². The van der Waals surface area contributed by atoms with Crippen LogP contribution in [0, 0.1) is 12.8 Å². The molecule has 0 radical (unpaired) electrons. The van der Waals surface area contributed by atoms with E-state index in [4.69, 9.17) is 9.15 Å². The monoisotopic (exact) mass is 478 g/mol. The molecule has 0 bridgehead atoms. The van der Waals surface area contributed by atoms with Gasteiger partial charge in [-0.2, -0.15) is 0 Å². The number of amides is 1. The summed E-state index contributed by atoms with van der Waals surface area (Å²) in [5, 5.41) is 9.92. The molecule has 0 saturated heterocycles. The van der Waals surface area contributed by atoms with Crippen molar-refractivity contribution in [3.05, 3.63) is 77.1 Å². The summed E-state index contributed by atoms with van der Waals surface area (Å²) in [4.78, 5) is 30.7. The van der Waals surface area contributed by atoms with E-state index >= 15 is 0 Å². The largest absolute Gasteiger partial charge is 0.493 e. The highest BCUT2D eigenvalue weighted by Crippen LogP contribution is 2.33. The summed E-state index contributed by atoms with van der Waals surface area (Å²) < 4.78 is 11.7. The number of hydrogen-bond acceptors (Lipinski definition) is 5. The van der Waals surface area contributed by atoms with Crippen LogP contribution in [-0.2, 0) is 22.4 Å². The minimum atomic E-state index is -1.06. The Hall–Kier alpha value is -3.61. The van der Waals surface area contributed by atoms with Crippen molar-refractivity contribution in [1.82, 2.24) is 9.88 Å². The Morgan fingerprint density at radius 1 is 1.31 bits per heavy atom. The summed E-state index contributed by atoms with van der Waals surface area (Å²) in [7, 11) is 0. The molecule has 1 aromatic carbocycles. The van der Waals surface area contributed by atoms with Gasteiger partial charge in [-0.1, -0.05) is 44.2 Å². The van der Waals surface area contributed by atoms with Crippen molar-refractivity contribution in [2.75, 3.05) is 13.2 Å². The number of carboxylic acids is 1. The van der Waals surface area contributed by atoms with E-state index in [0.717, 1.165) is 23.4 Å². The maximum absolute atomic E-state index is 12.6. The smallest absolute Gasteiger partial charge is 0.331 e. The maximum Gasteiger partial charge on any atom is 0.331 e. The first kappa shape index (κ1) is 26.0. The SMILES string of the molecule is CC=CC=CC(=O)N1CCc2ccc(OCCc3nc(/C=C/CC(C)C)oc3C)cc2C1C(=O)O. The Labute approximate surface area is 206 Å². The molecule has 1 aromatic heterocycles. The van der Waals surface area contributed by atoms with E-state index in [-0.39, 0.29) is 5.91 Å². The fourth-order valence-electron chi connectivity index (χ4n) is 3.99. The fourth-order valence-corrected chi connectivity index (χ4v) is 3.99. The first-order valence-electron chi connectivity index (χ1n) is 12.0. The highest BCUT2D eigenvalue weighted by molar-refractivity contribution is 5.92. The number of aromatic nitrogens is 1. The normalized spacial score (nSPS) is 16.0. The number of ether oxygens (including phenoxy) is 1. The molecule has 0 fully saturated rings. The number of fused-ring (bicyclic) bond motifs is 1. The minimum absolute atomic E-state index is 0.327. The van der Waals surface area contributed by atoms with E-state index in [9.17, 15) is 14.7 Å². The molecule has 0 spiro atoms. The number of allylic oxidation sites excluding steroid dienone is 4. The Bertz CT molecular complexity index is 1130. The predicted octanol–water partition coefficient (Wildman–Crippen LogP) is 5.31. The Balaban J connectivity index is 1.68. The van der Waals surface area contributed by atoms with E-state index in [2.05, 4.69) is 24.9 Å². The van der Waals surface area contributed by atoms with E-state index in [1.54, 1.807) is 24.3 Å². The van der Waals surface area contributed by atoms with Crippen LogP contribution < -0.4 is 4.74 Å². The number of oxazole rings is 1. The first-order chi connectivity index (χ1) is 16.8. The molecular weight excluding hydrogens is 444 g/mol. The molecule has 1 N–H and O–H groups in total. The second-order valence-electron chi connectivity index (χ2n) is 8.95. The Kier molecular flexibility index (Phi) is 9.06. The lowest BCUT2D eigenvalue weighted by Crippen LogP contribution is -2.42. The van der Waals surface area contributed by atoms with Gasteiger partial charge in [-0.15, -0.1) is 0 Å². The third-order valence-electron chi connectivity index (χ3n) is 5.79. The van der Waals surface area contributed by atoms with Gasteiger partial charge in [0.2, 0.25) is 11.8 Å². The molecule has 1 atom stereocenters. The van der Waals surface area contributed by atoms with Crippen molar-refractivity contribution in [1.29, 1.82) is 0 Å². The van der Waals surface area contributed by atoms with Crippen molar-refractivity contribution < 1.29 is 23.8 Å². The standard InChI is InChI=1S/C28H34N2O5/c1-5-6-7-11-26(31)30-16-14-21-12-13-22(18-23(21)27(30)28(32)33)34-17-15-24-20(4)35-25(29-24)10-8-9-19(2)3/h5-8,10-13,18-19,27H,9,14-17H2,1-4H3,(H,32,33)/b6-5?,10-8+,11-7?. The molecule has 1 aliphatic heterocycles. The van der Waals surface area contributed by atoms with Gasteiger partial charge in [-0.3, -0.25) is 4.79 Å². The van der Waals surface area contributed by atoms with E-state index in [1.807, 2.05) is 32.1 Å². The number of carbonyl (C=O) groups is 2. The van der Waals surface area contributed by atoms with Crippen LogP contribution in [0.5, 0.6) is 5.75 Å². The molecule has 2 heterocycles. The van der Waals surface area contributed by atoms with Gasteiger partial charge >= 0.3 is 5.97 Å². The van der Waals surface area contributed by atoms with Crippen molar-refractivity contribution in [2.24, 2.45) is 5.92 Å². The molecule has 7 heteroatoms. The summed E-state index contributed by atoms with van der Waals surface area (Å²) in [5.74, 6) is 1.09. The molecular formula is C28H34N2O5. The summed E-state index contributed by atoms with van der Waals surface area (Å²) in [6, 6.07) is 4.41. The summed E-state index contributed by atoms with van der Waals surface area (Å²) >= 11 is 0. The molecule has 7 nitrogen and oxygen atoms in total. The molecule has 3 rings (SSSR count). The zero-order valence-electron chi connectivity index (χ0n) is 20.9. The van der Waals surface area contributed by atoms with Gasteiger partial charge < -0.3 is 19.2 Å². The lowest BCUT2D eigenvalue weighted by atomic mass is 9.92. The average molecular weight is 479 g/mol. The lowest BCUT2D eigenvalue weighted by Gasteiger charge is -2.34. The van der Waals surface area contributed by atoms with Crippen LogP contribution in [0.1, 0.15) is 61.7 Å². The van der Waals surface area contributed by atoms with E-state index in [1.165, 1.54) is 11.0 Å². The number of nitrogens with zero attached hydrogens (tertiary/aromatic N) is 2.